The van der Waals surface area contributed by atoms with Crippen molar-refractivity contribution >= 4 is 23.6 Å². The number of benzene rings is 2. The van der Waals surface area contributed by atoms with E-state index in [1.165, 1.54) is 6.08 Å². The minimum atomic E-state index is -0.596. The number of hydrogen-bond donors (Lipinski definition) is 1. The fourth-order valence-corrected chi connectivity index (χ4v) is 2.05. The third kappa shape index (κ3) is 4.98. The number of hydrogen-bond acceptors (Lipinski definition) is 4. The first-order valence-electron chi connectivity index (χ1n) is 7.43. The van der Waals surface area contributed by atoms with Gasteiger partial charge in [-0.3, -0.25) is 4.79 Å². The molecule has 0 aliphatic carbocycles. The molecular weight excluding hydrogens is 306 g/mol. The fourth-order valence-electron chi connectivity index (χ4n) is 2.05. The highest BCUT2D eigenvalue weighted by molar-refractivity contribution is 5.95. The van der Waals surface area contributed by atoms with Crippen LogP contribution in [0.2, 0.25) is 0 Å². The van der Waals surface area contributed by atoms with Crippen molar-refractivity contribution in [2.45, 2.75) is 6.92 Å². The number of nitrogens with one attached hydrogen (secondary N) is 1. The predicted molar refractivity (Wildman–Crippen MR) is 92.8 cm³/mol. The first-order valence-corrected chi connectivity index (χ1v) is 7.43. The molecule has 0 fully saturated rings. The average molecular weight is 325 g/mol. The van der Waals surface area contributed by atoms with Gasteiger partial charge in [0.1, 0.15) is 5.75 Å². The maximum Gasteiger partial charge on any atom is 0.331 e. The number of ether oxygens (including phenoxy) is 2. The molecule has 0 unspecified atom stereocenters. The Kier molecular flexibility index (Phi) is 6.14. The Morgan fingerprint density at radius 2 is 1.79 bits per heavy atom. The van der Waals surface area contributed by atoms with E-state index in [0.29, 0.717) is 11.4 Å². The van der Waals surface area contributed by atoms with E-state index in [0.717, 1.165) is 11.1 Å². The molecule has 24 heavy (non-hydrogen) atoms. The van der Waals surface area contributed by atoms with Crippen LogP contribution in [0.4, 0.5) is 5.69 Å². The molecule has 0 saturated carbocycles. The Bertz CT molecular complexity index is 753. The summed E-state index contributed by atoms with van der Waals surface area (Å²) < 4.78 is 10.1. The maximum absolute atomic E-state index is 11.8. The molecule has 0 heterocycles. The molecule has 1 amide bonds. The molecule has 0 atom stereocenters. The van der Waals surface area contributed by atoms with Gasteiger partial charge in [0.25, 0.3) is 5.91 Å². The molecule has 5 nitrogen and oxygen atoms in total. The Balaban J connectivity index is 1.85. The largest absolute Gasteiger partial charge is 0.496 e. The van der Waals surface area contributed by atoms with Crippen LogP contribution in [0.25, 0.3) is 6.08 Å². The van der Waals surface area contributed by atoms with Crippen LogP contribution in [0.3, 0.4) is 0 Å². The first-order chi connectivity index (χ1) is 11.6. The second-order valence-corrected chi connectivity index (χ2v) is 5.05. The Hall–Kier alpha value is -3.08. The molecule has 2 rings (SSSR count). The van der Waals surface area contributed by atoms with E-state index < -0.39 is 5.97 Å². The molecule has 0 aromatic heterocycles. The van der Waals surface area contributed by atoms with Gasteiger partial charge in [-0.25, -0.2) is 4.79 Å². The SMILES string of the molecule is COc1ccccc1/C=C/C(=O)OCC(=O)Nc1ccccc1C. The van der Waals surface area contributed by atoms with Crippen LogP contribution in [-0.4, -0.2) is 25.6 Å². The van der Waals surface area contributed by atoms with Crippen LogP contribution in [-0.2, 0) is 14.3 Å². The van der Waals surface area contributed by atoms with Gasteiger partial charge >= 0.3 is 5.97 Å². The minimum Gasteiger partial charge on any atom is -0.496 e. The van der Waals surface area contributed by atoms with Gasteiger partial charge in [0, 0.05) is 17.3 Å². The number of carbonyl (C=O) groups is 2. The van der Waals surface area contributed by atoms with Gasteiger partial charge in [-0.05, 0) is 30.7 Å². The molecular formula is C19H19NO4. The second kappa shape index (κ2) is 8.53. The standard InChI is InChI=1S/C19H19NO4/c1-14-7-3-5-9-16(14)20-18(21)13-24-19(22)12-11-15-8-4-6-10-17(15)23-2/h3-12H,13H2,1-2H3,(H,20,21)/b12-11+. The van der Waals surface area contributed by atoms with Gasteiger partial charge in [-0.2, -0.15) is 0 Å². The number of amides is 1. The van der Waals surface area contributed by atoms with Crippen LogP contribution in [0.15, 0.2) is 54.6 Å². The molecule has 0 aliphatic heterocycles. The fraction of sp³-hybridized carbons (Fsp3) is 0.158. The number of rotatable bonds is 6. The van der Waals surface area contributed by atoms with Gasteiger partial charge in [-0.1, -0.05) is 36.4 Å². The number of anilines is 1. The van der Waals surface area contributed by atoms with Gasteiger partial charge in [0.05, 0.1) is 7.11 Å². The van der Waals surface area contributed by atoms with Gasteiger partial charge in [0.2, 0.25) is 0 Å². The number of methoxy groups -OCH3 is 1. The van der Waals surface area contributed by atoms with Crippen molar-refractivity contribution in [1.82, 2.24) is 0 Å². The van der Waals surface area contributed by atoms with E-state index in [1.807, 2.05) is 43.3 Å². The zero-order chi connectivity index (χ0) is 17.4. The summed E-state index contributed by atoms with van der Waals surface area (Å²) in [6, 6.07) is 14.7. The third-order valence-electron chi connectivity index (χ3n) is 3.30. The maximum atomic E-state index is 11.8. The van der Waals surface area contributed by atoms with Gasteiger partial charge in [0.15, 0.2) is 6.61 Å². The molecule has 124 valence electrons. The summed E-state index contributed by atoms with van der Waals surface area (Å²) in [4.78, 5) is 23.5. The lowest BCUT2D eigenvalue weighted by molar-refractivity contribution is -0.142. The summed E-state index contributed by atoms with van der Waals surface area (Å²) in [6.07, 6.45) is 2.85. The molecule has 2 aromatic rings. The van der Waals surface area contributed by atoms with Crippen molar-refractivity contribution in [1.29, 1.82) is 0 Å². The van der Waals surface area contributed by atoms with Crippen LogP contribution in [0.1, 0.15) is 11.1 Å². The normalized spacial score (nSPS) is 10.4. The van der Waals surface area contributed by atoms with Gasteiger partial charge in [-0.15, -0.1) is 0 Å². The lowest BCUT2D eigenvalue weighted by Crippen LogP contribution is -2.20. The van der Waals surface area contributed by atoms with E-state index in [4.69, 9.17) is 9.47 Å². The number of esters is 1. The van der Waals surface area contributed by atoms with E-state index in [9.17, 15) is 9.59 Å². The Morgan fingerprint density at radius 1 is 1.08 bits per heavy atom. The van der Waals surface area contributed by atoms with Gasteiger partial charge < -0.3 is 14.8 Å². The number of aryl methyl sites for hydroxylation is 1. The molecule has 2 aromatic carbocycles. The first kappa shape index (κ1) is 17.3. The number of para-hydroxylation sites is 2. The lowest BCUT2D eigenvalue weighted by Gasteiger charge is -2.08. The van der Waals surface area contributed by atoms with Crippen molar-refractivity contribution in [3.05, 3.63) is 65.7 Å². The van der Waals surface area contributed by atoms with E-state index in [-0.39, 0.29) is 12.5 Å². The molecule has 0 saturated heterocycles. The van der Waals surface area contributed by atoms with Crippen LogP contribution in [0, 0.1) is 6.92 Å². The van der Waals surface area contributed by atoms with Crippen molar-refractivity contribution in [2.24, 2.45) is 0 Å². The lowest BCUT2D eigenvalue weighted by atomic mass is 10.2. The Labute approximate surface area is 140 Å². The second-order valence-electron chi connectivity index (χ2n) is 5.05. The molecule has 5 heteroatoms. The zero-order valence-corrected chi connectivity index (χ0v) is 13.6. The van der Waals surface area contributed by atoms with E-state index in [2.05, 4.69) is 5.32 Å². The Morgan fingerprint density at radius 3 is 2.54 bits per heavy atom. The highest BCUT2D eigenvalue weighted by Crippen LogP contribution is 2.18. The smallest absolute Gasteiger partial charge is 0.331 e. The molecule has 1 N–H and O–H groups in total. The summed E-state index contributed by atoms with van der Waals surface area (Å²) in [6.45, 7) is 1.54. The van der Waals surface area contributed by atoms with Crippen molar-refractivity contribution in [3.8, 4) is 5.75 Å². The van der Waals surface area contributed by atoms with Crippen LogP contribution in [0.5, 0.6) is 5.75 Å². The summed E-state index contributed by atoms with van der Waals surface area (Å²) in [5.41, 5.74) is 2.39. The summed E-state index contributed by atoms with van der Waals surface area (Å²) in [5.74, 6) is -0.331. The third-order valence-corrected chi connectivity index (χ3v) is 3.30. The van der Waals surface area contributed by atoms with Crippen LogP contribution >= 0.6 is 0 Å². The van der Waals surface area contributed by atoms with Crippen molar-refractivity contribution in [3.63, 3.8) is 0 Å². The molecule has 0 aliphatic rings. The van der Waals surface area contributed by atoms with Crippen molar-refractivity contribution in [2.75, 3.05) is 19.0 Å². The molecule has 0 bridgehead atoms. The minimum absolute atomic E-state index is 0.344. The highest BCUT2D eigenvalue weighted by atomic mass is 16.5. The van der Waals surface area contributed by atoms with Crippen molar-refractivity contribution < 1.29 is 19.1 Å². The average Bonchev–Trinajstić information content (AvgIpc) is 2.60. The monoisotopic (exact) mass is 325 g/mol. The quantitative estimate of drug-likeness (QED) is 0.654. The summed E-state index contributed by atoms with van der Waals surface area (Å²) in [5, 5.41) is 2.70. The predicted octanol–water partition coefficient (Wildman–Crippen LogP) is 3.20. The summed E-state index contributed by atoms with van der Waals surface area (Å²) in [7, 11) is 1.56. The van der Waals surface area contributed by atoms with Crippen LogP contribution < -0.4 is 10.1 Å². The molecule has 0 radical (unpaired) electrons. The zero-order valence-electron chi connectivity index (χ0n) is 13.6. The van der Waals surface area contributed by atoms with E-state index >= 15 is 0 Å². The van der Waals surface area contributed by atoms with E-state index in [1.54, 1.807) is 25.3 Å². The number of carbonyl (C=O) groups excluding carboxylic acids is 2. The molecule has 0 spiro atoms. The summed E-state index contributed by atoms with van der Waals surface area (Å²) >= 11 is 0. The topological polar surface area (TPSA) is 64.6 Å². The highest BCUT2D eigenvalue weighted by Gasteiger charge is 2.07.